The zero-order chi connectivity index (χ0) is 19.0. The minimum atomic E-state index is -3.40. The summed E-state index contributed by atoms with van der Waals surface area (Å²) in [5, 5.41) is 2.95. The fourth-order valence-corrected chi connectivity index (χ4v) is 4.62. The first kappa shape index (κ1) is 20.9. The molecule has 1 aliphatic rings. The van der Waals surface area contributed by atoms with Crippen molar-refractivity contribution in [3.05, 3.63) is 29.8 Å². The predicted octanol–water partition coefficient (Wildman–Crippen LogP) is 2.33. The van der Waals surface area contributed by atoms with Gasteiger partial charge in [-0.2, -0.15) is 4.31 Å². The fourth-order valence-electron chi connectivity index (χ4n) is 3.10. The van der Waals surface area contributed by atoms with Crippen molar-refractivity contribution >= 4 is 15.9 Å². The zero-order valence-corrected chi connectivity index (χ0v) is 16.6. The lowest BCUT2D eigenvalue weighted by atomic mass is 10.1. The Morgan fingerprint density at radius 1 is 1.19 bits per heavy atom. The Morgan fingerprint density at radius 3 is 2.42 bits per heavy atom. The van der Waals surface area contributed by atoms with Crippen LogP contribution in [0.2, 0.25) is 0 Å². The minimum absolute atomic E-state index is 0.0149. The second-order valence-electron chi connectivity index (χ2n) is 6.74. The van der Waals surface area contributed by atoms with Crippen molar-refractivity contribution in [1.82, 2.24) is 9.62 Å². The second-order valence-corrected chi connectivity index (χ2v) is 8.67. The van der Waals surface area contributed by atoms with Crippen LogP contribution in [0, 0.1) is 0 Å². The van der Waals surface area contributed by atoms with E-state index in [4.69, 9.17) is 4.74 Å². The van der Waals surface area contributed by atoms with E-state index < -0.39 is 10.0 Å². The SMILES string of the molecule is CCC(COC)NC(=O)CCc1ccc(S(=O)(=O)N2CCCCC2)cc1. The molecule has 1 aromatic carbocycles. The smallest absolute Gasteiger partial charge is 0.243 e. The molecule has 0 radical (unpaired) electrons. The molecule has 0 aliphatic carbocycles. The molecule has 0 aromatic heterocycles. The lowest BCUT2D eigenvalue weighted by Gasteiger charge is -2.25. The second kappa shape index (κ2) is 10.0. The van der Waals surface area contributed by atoms with Gasteiger partial charge in [0, 0.05) is 26.6 Å². The van der Waals surface area contributed by atoms with E-state index in [1.165, 1.54) is 0 Å². The Balaban J connectivity index is 1.90. The number of hydrogen-bond donors (Lipinski definition) is 1. The highest BCUT2D eigenvalue weighted by molar-refractivity contribution is 7.89. The summed E-state index contributed by atoms with van der Waals surface area (Å²) < 4.78 is 31.9. The number of nitrogens with one attached hydrogen (secondary N) is 1. The van der Waals surface area contributed by atoms with Gasteiger partial charge in [-0.05, 0) is 43.4 Å². The molecular formula is C19H30N2O4S. The molecular weight excluding hydrogens is 352 g/mol. The lowest BCUT2D eigenvalue weighted by Crippen LogP contribution is -2.37. The Hall–Kier alpha value is -1.44. The summed E-state index contributed by atoms with van der Waals surface area (Å²) in [7, 11) is -1.78. The molecule has 0 bridgehead atoms. The van der Waals surface area contributed by atoms with Gasteiger partial charge in [-0.1, -0.05) is 25.5 Å². The maximum absolute atomic E-state index is 12.6. The van der Waals surface area contributed by atoms with E-state index in [1.54, 1.807) is 35.7 Å². The molecule has 1 N–H and O–H groups in total. The molecule has 1 aromatic rings. The number of sulfonamides is 1. The molecule has 0 saturated carbocycles. The number of carbonyl (C=O) groups is 1. The Labute approximate surface area is 157 Å². The maximum atomic E-state index is 12.6. The first-order valence-electron chi connectivity index (χ1n) is 9.34. The van der Waals surface area contributed by atoms with Crippen LogP contribution in [0.3, 0.4) is 0 Å². The molecule has 26 heavy (non-hydrogen) atoms. The van der Waals surface area contributed by atoms with E-state index in [9.17, 15) is 13.2 Å². The molecule has 1 saturated heterocycles. The molecule has 0 spiro atoms. The van der Waals surface area contributed by atoms with Gasteiger partial charge in [0.05, 0.1) is 17.5 Å². The van der Waals surface area contributed by atoms with Gasteiger partial charge < -0.3 is 10.1 Å². The summed E-state index contributed by atoms with van der Waals surface area (Å²) in [4.78, 5) is 12.4. The van der Waals surface area contributed by atoms with Crippen molar-refractivity contribution in [3.63, 3.8) is 0 Å². The Bertz CT molecular complexity index is 667. The number of benzene rings is 1. The number of hydrogen-bond acceptors (Lipinski definition) is 4. The van der Waals surface area contributed by atoms with Crippen LogP contribution >= 0.6 is 0 Å². The average molecular weight is 383 g/mol. The van der Waals surface area contributed by atoms with E-state index in [0.29, 0.717) is 37.4 Å². The van der Waals surface area contributed by atoms with Crippen LogP contribution in [0.15, 0.2) is 29.2 Å². The zero-order valence-electron chi connectivity index (χ0n) is 15.7. The third kappa shape index (κ3) is 5.79. The highest BCUT2D eigenvalue weighted by atomic mass is 32.2. The average Bonchev–Trinajstić information content (AvgIpc) is 2.67. The third-order valence-electron chi connectivity index (χ3n) is 4.74. The van der Waals surface area contributed by atoms with Crippen LogP contribution < -0.4 is 5.32 Å². The number of nitrogens with zero attached hydrogens (tertiary/aromatic N) is 1. The van der Waals surface area contributed by atoms with E-state index in [2.05, 4.69) is 5.32 Å². The van der Waals surface area contributed by atoms with Crippen molar-refractivity contribution in [2.75, 3.05) is 26.8 Å². The molecule has 1 heterocycles. The first-order valence-corrected chi connectivity index (χ1v) is 10.8. The number of ether oxygens (including phenoxy) is 1. The number of piperidine rings is 1. The molecule has 6 nitrogen and oxygen atoms in total. The Morgan fingerprint density at radius 2 is 1.85 bits per heavy atom. The monoisotopic (exact) mass is 382 g/mol. The largest absolute Gasteiger partial charge is 0.383 e. The van der Waals surface area contributed by atoms with E-state index >= 15 is 0 Å². The quantitative estimate of drug-likeness (QED) is 0.711. The van der Waals surface area contributed by atoms with Crippen molar-refractivity contribution < 1.29 is 17.9 Å². The molecule has 1 fully saturated rings. The first-order chi connectivity index (χ1) is 12.5. The van der Waals surface area contributed by atoms with Gasteiger partial charge in [0.25, 0.3) is 0 Å². The molecule has 1 atom stereocenters. The highest BCUT2D eigenvalue weighted by Crippen LogP contribution is 2.21. The van der Waals surface area contributed by atoms with E-state index in [-0.39, 0.29) is 11.9 Å². The molecule has 1 amide bonds. The van der Waals surface area contributed by atoms with Gasteiger partial charge in [-0.3, -0.25) is 4.79 Å². The topological polar surface area (TPSA) is 75.7 Å². The molecule has 1 aliphatic heterocycles. The van der Waals surface area contributed by atoms with Gasteiger partial charge in [0.2, 0.25) is 15.9 Å². The Kier molecular flexibility index (Phi) is 8.06. The highest BCUT2D eigenvalue weighted by Gasteiger charge is 2.25. The van der Waals surface area contributed by atoms with Crippen LogP contribution in [0.5, 0.6) is 0 Å². The van der Waals surface area contributed by atoms with Gasteiger partial charge in [-0.25, -0.2) is 8.42 Å². The van der Waals surface area contributed by atoms with Crippen molar-refractivity contribution in [2.45, 2.75) is 56.4 Å². The summed E-state index contributed by atoms with van der Waals surface area (Å²) in [5.41, 5.74) is 0.956. The van der Waals surface area contributed by atoms with E-state index in [0.717, 1.165) is 31.2 Å². The number of rotatable bonds is 9. The minimum Gasteiger partial charge on any atom is -0.383 e. The number of methoxy groups -OCH3 is 1. The summed E-state index contributed by atoms with van der Waals surface area (Å²) in [6, 6.07) is 6.94. The summed E-state index contributed by atoms with van der Waals surface area (Å²) in [5.74, 6) is -0.0149. The summed E-state index contributed by atoms with van der Waals surface area (Å²) in [6.45, 7) is 3.71. The summed E-state index contributed by atoms with van der Waals surface area (Å²) >= 11 is 0. The van der Waals surface area contributed by atoms with Gasteiger partial charge in [0.1, 0.15) is 0 Å². The van der Waals surface area contributed by atoms with Crippen LogP contribution in [-0.4, -0.2) is 51.5 Å². The number of carbonyl (C=O) groups excluding carboxylic acids is 1. The molecule has 146 valence electrons. The molecule has 7 heteroatoms. The van der Waals surface area contributed by atoms with Gasteiger partial charge in [0.15, 0.2) is 0 Å². The third-order valence-corrected chi connectivity index (χ3v) is 6.66. The van der Waals surface area contributed by atoms with Crippen molar-refractivity contribution in [1.29, 1.82) is 0 Å². The van der Waals surface area contributed by atoms with E-state index in [1.807, 2.05) is 6.92 Å². The standard InChI is InChI=1S/C19H30N2O4S/c1-3-17(15-25-2)20-19(22)12-9-16-7-10-18(11-8-16)26(23,24)21-13-5-4-6-14-21/h7-8,10-11,17H,3-6,9,12-15H2,1-2H3,(H,20,22). The lowest BCUT2D eigenvalue weighted by molar-refractivity contribution is -0.122. The van der Waals surface area contributed by atoms with Crippen LogP contribution in [0.1, 0.15) is 44.6 Å². The molecule has 1 unspecified atom stereocenters. The van der Waals surface area contributed by atoms with Crippen molar-refractivity contribution in [2.24, 2.45) is 0 Å². The maximum Gasteiger partial charge on any atom is 0.243 e. The van der Waals surface area contributed by atoms with Crippen molar-refractivity contribution in [3.8, 4) is 0 Å². The van der Waals surface area contributed by atoms with Gasteiger partial charge in [-0.15, -0.1) is 0 Å². The molecule has 2 rings (SSSR count). The number of aryl methyl sites for hydroxylation is 1. The summed E-state index contributed by atoms with van der Waals surface area (Å²) in [6.07, 6.45) is 4.72. The normalized spacial score (nSPS) is 17.0. The number of amides is 1. The van der Waals surface area contributed by atoms with Crippen LogP contribution in [-0.2, 0) is 26.0 Å². The van der Waals surface area contributed by atoms with Gasteiger partial charge >= 0.3 is 0 Å². The predicted molar refractivity (Wildman–Crippen MR) is 101 cm³/mol. The van der Waals surface area contributed by atoms with Crippen LogP contribution in [0.4, 0.5) is 0 Å². The fraction of sp³-hybridized carbons (Fsp3) is 0.632. The van der Waals surface area contributed by atoms with Crippen LogP contribution in [0.25, 0.3) is 0 Å².